The van der Waals surface area contributed by atoms with Crippen LogP contribution in [0.2, 0.25) is 10.0 Å². The standard InChI is InChI=1S/C13H13Cl2N3O/c1-3-18-12(6-8(2)17-18)16-13(19)10-5-4-9(14)7-11(10)15/h4-7H,3H2,1-2H3,(H,16,19). The molecule has 0 aliphatic carbocycles. The lowest BCUT2D eigenvalue weighted by Crippen LogP contribution is -2.15. The van der Waals surface area contributed by atoms with Crippen LogP contribution < -0.4 is 5.32 Å². The molecule has 1 amide bonds. The molecule has 0 fully saturated rings. The Morgan fingerprint density at radius 1 is 1.37 bits per heavy atom. The van der Waals surface area contributed by atoms with Crippen LogP contribution in [0, 0.1) is 6.92 Å². The number of hydrogen-bond acceptors (Lipinski definition) is 2. The smallest absolute Gasteiger partial charge is 0.258 e. The van der Waals surface area contributed by atoms with Crippen molar-refractivity contribution in [1.29, 1.82) is 0 Å². The highest BCUT2D eigenvalue weighted by Gasteiger charge is 2.13. The van der Waals surface area contributed by atoms with Gasteiger partial charge in [-0.2, -0.15) is 5.10 Å². The van der Waals surface area contributed by atoms with Crippen LogP contribution in [0.5, 0.6) is 0 Å². The van der Waals surface area contributed by atoms with Gasteiger partial charge in [-0.25, -0.2) is 4.68 Å². The molecule has 0 saturated carbocycles. The second-order valence-corrected chi connectivity index (χ2v) is 4.91. The molecule has 19 heavy (non-hydrogen) atoms. The van der Waals surface area contributed by atoms with E-state index in [-0.39, 0.29) is 5.91 Å². The molecule has 0 unspecified atom stereocenters. The molecule has 0 spiro atoms. The molecule has 2 aromatic rings. The van der Waals surface area contributed by atoms with Crippen molar-refractivity contribution in [3.8, 4) is 0 Å². The molecule has 0 radical (unpaired) electrons. The van der Waals surface area contributed by atoms with Crippen molar-refractivity contribution in [2.75, 3.05) is 5.32 Å². The molecular formula is C13H13Cl2N3O. The predicted octanol–water partition coefficient (Wildman–Crippen LogP) is 3.77. The maximum absolute atomic E-state index is 12.1. The Labute approximate surface area is 121 Å². The van der Waals surface area contributed by atoms with Gasteiger partial charge in [0.05, 0.1) is 16.3 Å². The maximum Gasteiger partial charge on any atom is 0.258 e. The van der Waals surface area contributed by atoms with E-state index in [2.05, 4.69) is 10.4 Å². The van der Waals surface area contributed by atoms with Gasteiger partial charge in [0.25, 0.3) is 5.91 Å². The molecule has 0 atom stereocenters. The van der Waals surface area contributed by atoms with Crippen molar-refractivity contribution < 1.29 is 4.79 Å². The normalized spacial score (nSPS) is 10.5. The molecular weight excluding hydrogens is 285 g/mol. The minimum absolute atomic E-state index is 0.281. The van der Waals surface area contributed by atoms with E-state index in [0.29, 0.717) is 28.0 Å². The largest absolute Gasteiger partial charge is 0.307 e. The second kappa shape index (κ2) is 5.63. The van der Waals surface area contributed by atoms with Gasteiger partial charge in [-0.1, -0.05) is 23.2 Å². The summed E-state index contributed by atoms with van der Waals surface area (Å²) in [6.07, 6.45) is 0. The summed E-state index contributed by atoms with van der Waals surface area (Å²) in [4.78, 5) is 12.1. The van der Waals surface area contributed by atoms with E-state index in [1.165, 1.54) is 0 Å². The highest BCUT2D eigenvalue weighted by molar-refractivity contribution is 6.37. The van der Waals surface area contributed by atoms with Gasteiger partial charge in [0, 0.05) is 17.6 Å². The number of anilines is 1. The first-order valence-electron chi connectivity index (χ1n) is 5.82. The molecule has 1 aromatic carbocycles. The average Bonchev–Trinajstić information content (AvgIpc) is 2.69. The van der Waals surface area contributed by atoms with Gasteiger partial charge in [-0.05, 0) is 32.0 Å². The highest BCUT2D eigenvalue weighted by Crippen LogP contribution is 2.22. The summed E-state index contributed by atoms with van der Waals surface area (Å²) in [6.45, 7) is 4.51. The fraction of sp³-hybridized carbons (Fsp3) is 0.231. The lowest BCUT2D eigenvalue weighted by Gasteiger charge is -2.08. The minimum Gasteiger partial charge on any atom is -0.307 e. The number of aryl methyl sites for hydroxylation is 2. The van der Waals surface area contributed by atoms with Gasteiger partial charge < -0.3 is 5.32 Å². The van der Waals surface area contributed by atoms with Crippen LogP contribution in [0.4, 0.5) is 5.82 Å². The summed E-state index contributed by atoms with van der Waals surface area (Å²) < 4.78 is 1.72. The number of carbonyl (C=O) groups excluding carboxylic acids is 1. The lowest BCUT2D eigenvalue weighted by molar-refractivity contribution is 0.102. The SMILES string of the molecule is CCn1nc(C)cc1NC(=O)c1ccc(Cl)cc1Cl. The van der Waals surface area contributed by atoms with Crippen LogP contribution in [-0.2, 0) is 6.54 Å². The van der Waals surface area contributed by atoms with E-state index in [0.717, 1.165) is 5.69 Å². The van der Waals surface area contributed by atoms with Crippen molar-refractivity contribution in [3.05, 3.63) is 45.6 Å². The van der Waals surface area contributed by atoms with Gasteiger partial charge >= 0.3 is 0 Å². The monoisotopic (exact) mass is 297 g/mol. The number of nitrogens with zero attached hydrogens (tertiary/aromatic N) is 2. The van der Waals surface area contributed by atoms with Gasteiger partial charge in [0.2, 0.25) is 0 Å². The molecule has 1 heterocycles. The Morgan fingerprint density at radius 2 is 2.11 bits per heavy atom. The van der Waals surface area contributed by atoms with Crippen LogP contribution >= 0.6 is 23.2 Å². The van der Waals surface area contributed by atoms with Crippen LogP contribution in [0.1, 0.15) is 23.0 Å². The number of nitrogens with one attached hydrogen (secondary N) is 1. The number of rotatable bonds is 3. The van der Waals surface area contributed by atoms with E-state index >= 15 is 0 Å². The Morgan fingerprint density at radius 3 is 2.74 bits per heavy atom. The van der Waals surface area contributed by atoms with E-state index in [9.17, 15) is 4.79 Å². The number of halogens is 2. The summed E-state index contributed by atoms with van der Waals surface area (Å²) in [5.74, 6) is 0.368. The number of benzene rings is 1. The predicted molar refractivity (Wildman–Crippen MR) is 77.1 cm³/mol. The first-order valence-corrected chi connectivity index (χ1v) is 6.57. The zero-order valence-corrected chi connectivity index (χ0v) is 12.1. The van der Waals surface area contributed by atoms with E-state index in [4.69, 9.17) is 23.2 Å². The third-order valence-corrected chi connectivity index (χ3v) is 3.17. The van der Waals surface area contributed by atoms with E-state index < -0.39 is 0 Å². The van der Waals surface area contributed by atoms with Crippen molar-refractivity contribution >= 4 is 34.9 Å². The maximum atomic E-state index is 12.1. The van der Waals surface area contributed by atoms with Gasteiger partial charge in [-0.3, -0.25) is 4.79 Å². The minimum atomic E-state index is -0.281. The van der Waals surface area contributed by atoms with Crippen LogP contribution in [-0.4, -0.2) is 15.7 Å². The fourth-order valence-electron chi connectivity index (χ4n) is 1.74. The molecule has 2 rings (SSSR count). The first-order chi connectivity index (χ1) is 9.01. The summed E-state index contributed by atoms with van der Waals surface area (Å²) in [7, 11) is 0. The lowest BCUT2D eigenvalue weighted by atomic mass is 10.2. The summed E-state index contributed by atoms with van der Waals surface area (Å²) >= 11 is 11.8. The van der Waals surface area contributed by atoms with Crippen molar-refractivity contribution in [2.24, 2.45) is 0 Å². The van der Waals surface area contributed by atoms with Crippen molar-refractivity contribution in [3.63, 3.8) is 0 Å². The Kier molecular flexibility index (Phi) is 4.12. The summed E-state index contributed by atoms with van der Waals surface area (Å²) in [5.41, 5.74) is 1.23. The highest BCUT2D eigenvalue weighted by atomic mass is 35.5. The molecule has 0 bridgehead atoms. The van der Waals surface area contributed by atoms with Crippen LogP contribution in [0.15, 0.2) is 24.3 Å². The number of carbonyl (C=O) groups is 1. The third-order valence-electron chi connectivity index (χ3n) is 2.62. The quantitative estimate of drug-likeness (QED) is 0.937. The topological polar surface area (TPSA) is 46.9 Å². The van der Waals surface area contributed by atoms with Crippen LogP contribution in [0.25, 0.3) is 0 Å². The molecule has 4 nitrogen and oxygen atoms in total. The first kappa shape index (κ1) is 13.9. The molecule has 100 valence electrons. The molecule has 0 saturated heterocycles. The Balaban J connectivity index is 2.25. The molecule has 0 aliphatic heterocycles. The second-order valence-electron chi connectivity index (χ2n) is 4.07. The number of aromatic nitrogens is 2. The van der Waals surface area contributed by atoms with Crippen molar-refractivity contribution in [1.82, 2.24) is 9.78 Å². The zero-order chi connectivity index (χ0) is 14.0. The fourth-order valence-corrected chi connectivity index (χ4v) is 2.24. The summed E-state index contributed by atoms with van der Waals surface area (Å²) in [5, 5.41) is 7.87. The summed E-state index contributed by atoms with van der Waals surface area (Å²) in [6, 6.07) is 6.58. The average molecular weight is 298 g/mol. The molecule has 1 aromatic heterocycles. The van der Waals surface area contributed by atoms with Gasteiger partial charge in [-0.15, -0.1) is 0 Å². The number of hydrogen-bond donors (Lipinski definition) is 1. The Hall–Kier alpha value is -1.52. The molecule has 0 aliphatic rings. The van der Waals surface area contributed by atoms with Crippen LogP contribution in [0.3, 0.4) is 0 Å². The Bertz CT molecular complexity index is 622. The van der Waals surface area contributed by atoms with E-state index in [1.54, 1.807) is 22.9 Å². The molecule has 1 N–H and O–H groups in total. The van der Waals surface area contributed by atoms with E-state index in [1.807, 2.05) is 19.9 Å². The van der Waals surface area contributed by atoms with Gasteiger partial charge in [0.15, 0.2) is 0 Å². The third kappa shape index (κ3) is 3.08. The number of amides is 1. The molecule has 6 heteroatoms. The zero-order valence-electron chi connectivity index (χ0n) is 10.6. The van der Waals surface area contributed by atoms with Crippen molar-refractivity contribution in [2.45, 2.75) is 20.4 Å². The van der Waals surface area contributed by atoms with Gasteiger partial charge in [0.1, 0.15) is 5.82 Å².